The Morgan fingerprint density at radius 2 is 1.64 bits per heavy atom. The van der Waals surface area contributed by atoms with E-state index >= 15 is 0 Å². The Labute approximate surface area is 223 Å². The molecule has 3 aromatic carbocycles. The van der Waals surface area contributed by atoms with E-state index in [1.54, 1.807) is 4.90 Å². The zero-order chi connectivity index (χ0) is 26.3. The third kappa shape index (κ3) is 8.23. The molecule has 0 saturated heterocycles. The second kappa shape index (κ2) is 12.2. The first-order valence-corrected chi connectivity index (χ1v) is 12.9. The molecule has 0 saturated carbocycles. The average molecular weight is 552 g/mol. The molecule has 1 atom stereocenters. The smallest absolute Gasteiger partial charge is 0.261 e. The minimum absolute atomic E-state index is 0.166. The van der Waals surface area contributed by atoms with E-state index in [1.165, 1.54) is 0 Å². The number of aryl methyl sites for hydroxylation is 2. The summed E-state index contributed by atoms with van der Waals surface area (Å²) in [7, 11) is 0. The number of hydrogen-bond acceptors (Lipinski definition) is 3. The van der Waals surface area contributed by atoms with Crippen molar-refractivity contribution < 1.29 is 14.3 Å². The summed E-state index contributed by atoms with van der Waals surface area (Å²) < 4.78 is 6.86. The normalized spacial score (nSPS) is 12.1. The fourth-order valence-corrected chi connectivity index (χ4v) is 4.20. The summed E-state index contributed by atoms with van der Waals surface area (Å²) in [5.41, 5.74) is 3.63. The van der Waals surface area contributed by atoms with Gasteiger partial charge in [-0.05, 0) is 69.5 Å². The molecule has 0 radical (unpaired) electrons. The van der Waals surface area contributed by atoms with Crippen LogP contribution in [-0.2, 0) is 22.6 Å². The van der Waals surface area contributed by atoms with Crippen LogP contribution in [0.15, 0.2) is 77.3 Å². The molecule has 0 fully saturated rings. The van der Waals surface area contributed by atoms with Gasteiger partial charge in [0.2, 0.25) is 5.91 Å². The monoisotopic (exact) mass is 550 g/mol. The SMILES string of the molecule is Cc1cccc(CN(C(=O)COc2ccc(Br)c(C)c2)[C@@H](Cc2ccccc2)C(=O)NC(C)(C)C)c1. The van der Waals surface area contributed by atoms with E-state index in [4.69, 9.17) is 4.74 Å². The number of halogens is 1. The number of rotatable bonds is 9. The highest BCUT2D eigenvalue weighted by molar-refractivity contribution is 9.10. The molecule has 0 aromatic heterocycles. The van der Waals surface area contributed by atoms with Crippen LogP contribution in [0.4, 0.5) is 0 Å². The van der Waals surface area contributed by atoms with E-state index in [-0.39, 0.29) is 18.4 Å². The maximum absolute atomic E-state index is 13.7. The van der Waals surface area contributed by atoms with Gasteiger partial charge < -0.3 is 15.0 Å². The Morgan fingerprint density at radius 3 is 2.28 bits per heavy atom. The Kier molecular flexibility index (Phi) is 9.32. The van der Waals surface area contributed by atoms with Gasteiger partial charge in [-0.3, -0.25) is 9.59 Å². The molecule has 36 heavy (non-hydrogen) atoms. The first-order chi connectivity index (χ1) is 17.0. The average Bonchev–Trinajstić information content (AvgIpc) is 2.81. The predicted octanol–water partition coefficient (Wildman–Crippen LogP) is 6.00. The van der Waals surface area contributed by atoms with Crippen LogP contribution in [-0.4, -0.2) is 34.9 Å². The molecule has 0 aliphatic carbocycles. The third-order valence-corrected chi connectivity index (χ3v) is 6.59. The highest BCUT2D eigenvalue weighted by atomic mass is 79.9. The molecule has 190 valence electrons. The van der Waals surface area contributed by atoms with Gasteiger partial charge in [-0.2, -0.15) is 0 Å². The van der Waals surface area contributed by atoms with Gasteiger partial charge in [0.15, 0.2) is 6.61 Å². The molecule has 0 bridgehead atoms. The molecule has 3 rings (SSSR count). The topological polar surface area (TPSA) is 58.6 Å². The number of nitrogens with one attached hydrogen (secondary N) is 1. The van der Waals surface area contributed by atoms with Crippen molar-refractivity contribution in [2.45, 2.75) is 59.2 Å². The van der Waals surface area contributed by atoms with Crippen molar-refractivity contribution in [1.82, 2.24) is 10.2 Å². The Hall–Kier alpha value is -3.12. The molecule has 2 amide bonds. The molecular weight excluding hydrogens is 516 g/mol. The van der Waals surface area contributed by atoms with Gasteiger partial charge in [0.1, 0.15) is 11.8 Å². The summed E-state index contributed by atoms with van der Waals surface area (Å²) in [4.78, 5) is 28.9. The van der Waals surface area contributed by atoms with Crippen LogP contribution in [0.2, 0.25) is 0 Å². The van der Waals surface area contributed by atoms with E-state index < -0.39 is 11.6 Å². The van der Waals surface area contributed by atoms with E-state index in [0.29, 0.717) is 18.7 Å². The molecule has 0 aliphatic heterocycles. The van der Waals surface area contributed by atoms with Crippen LogP contribution >= 0.6 is 15.9 Å². The van der Waals surface area contributed by atoms with Crippen molar-refractivity contribution in [2.24, 2.45) is 0 Å². The van der Waals surface area contributed by atoms with Gasteiger partial charge in [0.05, 0.1) is 0 Å². The van der Waals surface area contributed by atoms with Crippen molar-refractivity contribution in [1.29, 1.82) is 0 Å². The zero-order valence-electron chi connectivity index (χ0n) is 21.7. The van der Waals surface area contributed by atoms with E-state index in [1.807, 2.05) is 107 Å². The first kappa shape index (κ1) is 27.5. The van der Waals surface area contributed by atoms with Crippen molar-refractivity contribution in [3.05, 3.63) is 99.5 Å². The van der Waals surface area contributed by atoms with Gasteiger partial charge in [-0.15, -0.1) is 0 Å². The number of amides is 2. The van der Waals surface area contributed by atoms with Crippen molar-refractivity contribution in [3.63, 3.8) is 0 Å². The van der Waals surface area contributed by atoms with Crippen LogP contribution in [0, 0.1) is 13.8 Å². The maximum Gasteiger partial charge on any atom is 0.261 e. The molecular formula is C30H35BrN2O3. The molecule has 0 heterocycles. The molecule has 3 aromatic rings. The Bertz CT molecular complexity index is 1190. The fourth-order valence-electron chi connectivity index (χ4n) is 3.95. The fraction of sp³-hybridized carbons (Fsp3) is 0.333. The lowest BCUT2D eigenvalue weighted by atomic mass is 10.0. The third-order valence-electron chi connectivity index (χ3n) is 5.70. The molecule has 0 unspecified atom stereocenters. The quantitative estimate of drug-likeness (QED) is 0.355. The van der Waals surface area contributed by atoms with Crippen LogP contribution in [0.5, 0.6) is 5.75 Å². The maximum atomic E-state index is 13.7. The minimum Gasteiger partial charge on any atom is -0.484 e. The van der Waals surface area contributed by atoms with Crippen LogP contribution < -0.4 is 10.1 Å². The van der Waals surface area contributed by atoms with E-state index in [2.05, 4.69) is 21.2 Å². The second-order valence-corrected chi connectivity index (χ2v) is 11.0. The lowest BCUT2D eigenvalue weighted by Crippen LogP contribution is -2.55. The first-order valence-electron chi connectivity index (χ1n) is 12.1. The summed E-state index contributed by atoms with van der Waals surface area (Å²) in [5, 5.41) is 3.08. The highest BCUT2D eigenvalue weighted by Crippen LogP contribution is 2.22. The van der Waals surface area contributed by atoms with Gasteiger partial charge >= 0.3 is 0 Å². The molecule has 0 spiro atoms. The van der Waals surface area contributed by atoms with Crippen LogP contribution in [0.1, 0.15) is 43.0 Å². The number of carbonyl (C=O) groups excluding carboxylic acids is 2. The molecule has 5 nitrogen and oxygen atoms in total. The summed E-state index contributed by atoms with van der Waals surface area (Å²) in [6.45, 7) is 9.94. The van der Waals surface area contributed by atoms with Crippen molar-refractivity contribution >= 4 is 27.7 Å². The summed E-state index contributed by atoms with van der Waals surface area (Å²) in [5.74, 6) is 0.173. The molecule has 1 N–H and O–H groups in total. The standard InChI is InChI=1S/C30H35BrN2O3/c1-21-10-9-13-24(16-21)19-33(28(34)20-36-25-14-15-26(31)22(2)17-25)27(29(35)32-30(3,4)5)18-23-11-7-6-8-12-23/h6-17,27H,18-20H2,1-5H3,(H,32,35)/t27-/m0/s1. The number of nitrogens with zero attached hydrogens (tertiary/aromatic N) is 1. The number of benzene rings is 3. The number of hydrogen-bond donors (Lipinski definition) is 1. The Balaban J connectivity index is 1.93. The van der Waals surface area contributed by atoms with Gasteiger partial charge in [-0.25, -0.2) is 0 Å². The number of ether oxygens (including phenoxy) is 1. The summed E-state index contributed by atoms with van der Waals surface area (Å²) in [6, 6.07) is 22.7. The zero-order valence-corrected chi connectivity index (χ0v) is 23.3. The van der Waals surface area contributed by atoms with Crippen LogP contribution in [0.25, 0.3) is 0 Å². The molecule has 6 heteroatoms. The van der Waals surface area contributed by atoms with Crippen LogP contribution in [0.3, 0.4) is 0 Å². The van der Waals surface area contributed by atoms with E-state index in [0.717, 1.165) is 26.7 Å². The Morgan fingerprint density at radius 1 is 0.944 bits per heavy atom. The number of carbonyl (C=O) groups is 2. The summed E-state index contributed by atoms with van der Waals surface area (Å²) >= 11 is 3.49. The summed E-state index contributed by atoms with van der Waals surface area (Å²) in [6.07, 6.45) is 0.400. The largest absolute Gasteiger partial charge is 0.484 e. The van der Waals surface area contributed by atoms with E-state index in [9.17, 15) is 9.59 Å². The lowest BCUT2D eigenvalue weighted by Gasteiger charge is -2.33. The highest BCUT2D eigenvalue weighted by Gasteiger charge is 2.32. The molecule has 0 aliphatic rings. The van der Waals surface area contributed by atoms with Crippen molar-refractivity contribution in [3.8, 4) is 5.75 Å². The van der Waals surface area contributed by atoms with Gasteiger partial charge in [0, 0.05) is 23.0 Å². The predicted molar refractivity (Wildman–Crippen MR) is 148 cm³/mol. The lowest BCUT2D eigenvalue weighted by molar-refractivity contribution is -0.143. The van der Waals surface area contributed by atoms with Gasteiger partial charge in [-0.1, -0.05) is 76.1 Å². The van der Waals surface area contributed by atoms with Gasteiger partial charge in [0.25, 0.3) is 5.91 Å². The minimum atomic E-state index is -0.699. The van der Waals surface area contributed by atoms with Crippen molar-refractivity contribution in [2.75, 3.05) is 6.61 Å². The second-order valence-electron chi connectivity index (χ2n) is 10.2.